The van der Waals surface area contributed by atoms with E-state index in [1.807, 2.05) is 24.3 Å². The Hall–Kier alpha value is -1.85. The van der Waals surface area contributed by atoms with Crippen LogP contribution in [0.4, 0.5) is 0 Å². The van der Waals surface area contributed by atoms with Crippen LogP contribution < -0.4 is 5.32 Å². The first-order chi connectivity index (χ1) is 9.72. The molecule has 0 fully saturated rings. The molecular formula is C14H15ClN2O3. The van der Waals surface area contributed by atoms with Crippen LogP contribution in [0, 0.1) is 0 Å². The Balaban J connectivity index is 1.90. The lowest BCUT2D eigenvalue weighted by atomic mass is 10.1. The summed E-state index contributed by atoms with van der Waals surface area (Å²) in [6, 6.07) is 9.28. The van der Waals surface area contributed by atoms with Crippen LogP contribution in [0.25, 0.3) is 0 Å². The molecule has 0 atom stereocenters. The predicted octanol–water partition coefficient (Wildman–Crippen LogP) is 2.49. The van der Waals surface area contributed by atoms with Crippen molar-refractivity contribution >= 4 is 17.5 Å². The summed E-state index contributed by atoms with van der Waals surface area (Å²) < 4.78 is 9.85. The van der Waals surface area contributed by atoms with E-state index in [4.69, 9.17) is 20.9 Å². The summed E-state index contributed by atoms with van der Waals surface area (Å²) in [5.41, 5.74) is 2.28. The van der Waals surface area contributed by atoms with Gasteiger partial charge in [0.2, 0.25) is 0 Å². The summed E-state index contributed by atoms with van der Waals surface area (Å²) in [6.07, 6.45) is 0. The van der Waals surface area contributed by atoms with Gasteiger partial charge < -0.3 is 14.6 Å². The topological polar surface area (TPSA) is 64.4 Å². The molecule has 1 aromatic heterocycles. The Morgan fingerprint density at radius 2 is 2.05 bits per heavy atom. The number of nitrogens with zero attached hydrogens (tertiary/aromatic N) is 1. The quantitative estimate of drug-likeness (QED) is 0.831. The van der Waals surface area contributed by atoms with Crippen molar-refractivity contribution < 1.29 is 14.1 Å². The maximum absolute atomic E-state index is 11.9. The van der Waals surface area contributed by atoms with E-state index >= 15 is 0 Å². The molecule has 20 heavy (non-hydrogen) atoms. The summed E-state index contributed by atoms with van der Waals surface area (Å²) in [7, 11) is 1.55. The number of hydrogen-bond donors (Lipinski definition) is 1. The SMILES string of the molecule is COCc1cc(C(=O)NCc2ccc(CCl)cc2)no1. The average Bonchev–Trinajstić information content (AvgIpc) is 2.94. The Morgan fingerprint density at radius 1 is 1.35 bits per heavy atom. The van der Waals surface area contributed by atoms with Crippen molar-refractivity contribution in [1.29, 1.82) is 0 Å². The van der Waals surface area contributed by atoms with E-state index in [0.717, 1.165) is 11.1 Å². The second-order valence-electron chi connectivity index (χ2n) is 4.24. The third-order valence-electron chi connectivity index (χ3n) is 2.71. The van der Waals surface area contributed by atoms with Crippen molar-refractivity contribution in [3.05, 3.63) is 52.9 Å². The number of aromatic nitrogens is 1. The van der Waals surface area contributed by atoms with Crippen molar-refractivity contribution in [3.63, 3.8) is 0 Å². The fraction of sp³-hybridized carbons (Fsp3) is 0.286. The number of methoxy groups -OCH3 is 1. The molecule has 0 unspecified atom stereocenters. The Kier molecular flexibility index (Phi) is 5.15. The van der Waals surface area contributed by atoms with E-state index in [1.54, 1.807) is 13.2 Å². The van der Waals surface area contributed by atoms with Gasteiger partial charge in [-0.1, -0.05) is 29.4 Å². The van der Waals surface area contributed by atoms with E-state index in [0.29, 0.717) is 24.8 Å². The highest BCUT2D eigenvalue weighted by molar-refractivity contribution is 6.17. The molecule has 0 radical (unpaired) electrons. The maximum atomic E-state index is 11.9. The van der Waals surface area contributed by atoms with E-state index in [-0.39, 0.29) is 11.6 Å². The number of rotatable bonds is 6. The normalized spacial score (nSPS) is 10.5. The molecule has 1 heterocycles. The van der Waals surface area contributed by atoms with Gasteiger partial charge in [-0.15, -0.1) is 11.6 Å². The van der Waals surface area contributed by atoms with Gasteiger partial charge in [-0.2, -0.15) is 0 Å². The van der Waals surface area contributed by atoms with Crippen molar-refractivity contribution in [2.45, 2.75) is 19.0 Å². The van der Waals surface area contributed by atoms with E-state index in [2.05, 4.69) is 10.5 Å². The zero-order valence-electron chi connectivity index (χ0n) is 11.1. The smallest absolute Gasteiger partial charge is 0.273 e. The Bertz CT molecular complexity index is 566. The average molecular weight is 295 g/mol. The molecule has 1 amide bonds. The maximum Gasteiger partial charge on any atom is 0.273 e. The van der Waals surface area contributed by atoms with Gasteiger partial charge in [0.05, 0.1) is 0 Å². The molecule has 106 valence electrons. The molecule has 2 aromatic rings. The standard InChI is InChI=1S/C14H15ClN2O3/c1-19-9-12-6-13(17-20-12)14(18)16-8-11-4-2-10(7-15)3-5-11/h2-6H,7-9H2,1H3,(H,16,18). The Morgan fingerprint density at radius 3 is 2.70 bits per heavy atom. The molecule has 0 aliphatic carbocycles. The number of carbonyl (C=O) groups is 1. The molecule has 0 saturated heterocycles. The van der Waals surface area contributed by atoms with Gasteiger partial charge in [0.25, 0.3) is 5.91 Å². The summed E-state index contributed by atoms with van der Waals surface area (Å²) in [5.74, 6) is 0.718. The molecule has 1 aromatic carbocycles. The van der Waals surface area contributed by atoms with Gasteiger partial charge >= 0.3 is 0 Å². The summed E-state index contributed by atoms with van der Waals surface area (Å²) in [6.45, 7) is 0.716. The predicted molar refractivity (Wildman–Crippen MR) is 74.4 cm³/mol. The van der Waals surface area contributed by atoms with Gasteiger partial charge in [-0.05, 0) is 11.1 Å². The molecule has 0 spiro atoms. The number of benzene rings is 1. The van der Waals surface area contributed by atoms with Crippen LogP contribution in [0.3, 0.4) is 0 Å². The van der Waals surface area contributed by atoms with E-state index < -0.39 is 0 Å². The zero-order chi connectivity index (χ0) is 14.4. The molecule has 1 N–H and O–H groups in total. The lowest BCUT2D eigenvalue weighted by molar-refractivity contribution is 0.0941. The second kappa shape index (κ2) is 7.07. The number of hydrogen-bond acceptors (Lipinski definition) is 4. The highest BCUT2D eigenvalue weighted by Crippen LogP contribution is 2.08. The molecular weight excluding hydrogens is 280 g/mol. The van der Waals surface area contributed by atoms with Crippen molar-refractivity contribution in [3.8, 4) is 0 Å². The molecule has 0 saturated carbocycles. The third kappa shape index (κ3) is 3.82. The lowest BCUT2D eigenvalue weighted by Gasteiger charge is -2.03. The zero-order valence-corrected chi connectivity index (χ0v) is 11.8. The minimum atomic E-state index is -0.280. The number of alkyl halides is 1. The highest BCUT2D eigenvalue weighted by atomic mass is 35.5. The lowest BCUT2D eigenvalue weighted by Crippen LogP contribution is -2.23. The van der Waals surface area contributed by atoms with Crippen molar-refractivity contribution in [2.75, 3.05) is 7.11 Å². The monoisotopic (exact) mass is 294 g/mol. The molecule has 6 heteroatoms. The first kappa shape index (κ1) is 14.6. The number of ether oxygens (including phenoxy) is 1. The summed E-state index contributed by atoms with van der Waals surface area (Å²) in [4.78, 5) is 11.9. The van der Waals surface area contributed by atoms with Crippen molar-refractivity contribution in [1.82, 2.24) is 10.5 Å². The Labute approximate surface area is 121 Å². The van der Waals surface area contributed by atoms with Crippen LogP contribution in [-0.2, 0) is 23.8 Å². The van der Waals surface area contributed by atoms with Gasteiger partial charge in [0, 0.05) is 25.6 Å². The number of halogens is 1. The van der Waals surface area contributed by atoms with Crippen LogP contribution in [0.2, 0.25) is 0 Å². The number of amides is 1. The molecule has 0 aliphatic rings. The molecule has 0 aliphatic heterocycles. The van der Waals surface area contributed by atoms with Gasteiger partial charge in [0.1, 0.15) is 6.61 Å². The van der Waals surface area contributed by atoms with Gasteiger partial charge in [0.15, 0.2) is 11.5 Å². The van der Waals surface area contributed by atoms with E-state index in [1.165, 1.54) is 0 Å². The third-order valence-corrected chi connectivity index (χ3v) is 3.02. The van der Waals surface area contributed by atoms with Crippen LogP contribution in [0.1, 0.15) is 27.4 Å². The minimum Gasteiger partial charge on any atom is -0.377 e. The first-order valence-electron chi connectivity index (χ1n) is 6.09. The first-order valence-corrected chi connectivity index (χ1v) is 6.63. The fourth-order valence-electron chi connectivity index (χ4n) is 1.65. The second-order valence-corrected chi connectivity index (χ2v) is 4.51. The van der Waals surface area contributed by atoms with Crippen LogP contribution in [0.5, 0.6) is 0 Å². The van der Waals surface area contributed by atoms with Crippen LogP contribution in [-0.4, -0.2) is 18.2 Å². The highest BCUT2D eigenvalue weighted by Gasteiger charge is 2.11. The van der Waals surface area contributed by atoms with Gasteiger partial charge in [-0.3, -0.25) is 4.79 Å². The van der Waals surface area contributed by atoms with Crippen molar-refractivity contribution in [2.24, 2.45) is 0 Å². The largest absolute Gasteiger partial charge is 0.377 e. The number of carbonyl (C=O) groups excluding carboxylic acids is 1. The summed E-state index contributed by atoms with van der Waals surface area (Å²) >= 11 is 5.72. The van der Waals surface area contributed by atoms with Crippen LogP contribution in [0.15, 0.2) is 34.9 Å². The number of nitrogens with one attached hydrogen (secondary N) is 1. The van der Waals surface area contributed by atoms with E-state index in [9.17, 15) is 4.79 Å². The van der Waals surface area contributed by atoms with Crippen LogP contribution >= 0.6 is 11.6 Å². The molecule has 2 rings (SSSR count). The minimum absolute atomic E-state index is 0.245. The van der Waals surface area contributed by atoms with Gasteiger partial charge in [-0.25, -0.2) is 0 Å². The molecule has 0 bridgehead atoms. The fourth-order valence-corrected chi connectivity index (χ4v) is 1.83. The molecule has 5 nitrogen and oxygen atoms in total. The summed E-state index contributed by atoms with van der Waals surface area (Å²) in [5, 5.41) is 6.46.